The zero-order valence-corrected chi connectivity index (χ0v) is 19.5. The molecule has 3 saturated carbocycles. The maximum Gasteiger partial charge on any atom is 0.240 e. The Balaban J connectivity index is 1.39. The van der Waals surface area contributed by atoms with Crippen LogP contribution in [0.3, 0.4) is 0 Å². The lowest BCUT2D eigenvalue weighted by Crippen LogP contribution is -2.63. The molecule has 1 heterocycles. The van der Waals surface area contributed by atoms with Gasteiger partial charge in [-0.15, -0.1) is 10.2 Å². The number of nitrogens with one attached hydrogen (secondary N) is 2. The Kier molecular flexibility index (Phi) is 6.51. The molecule has 0 aliphatic heterocycles. The number of rotatable bonds is 9. The third-order valence-electron chi connectivity index (χ3n) is 7.26. The highest BCUT2D eigenvalue weighted by Crippen LogP contribution is 2.61. The summed E-state index contributed by atoms with van der Waals surface area (Å²) in [6.45, 7) is 4.55. The molecule has 0 unspecified atom stereocenters. The molecule has 31 heavy (non-hydrogen) atoms. The number of nitrogens with zero attached hydrogens (tertiary/aromatic N) is 3. The van der Waals surface area contributed by atoms with E-state index in [2.05, 4.69) is 51.3 Å². The van der Waals surface area contributed by atoms with Crippen LogP contribution in [0.5, 0.6) is 0 Å². The van der Waals surface area contributed by atoms with Gasteiger partial charge in [0.1, 0.15) is 0 Å². The smallest absolute Gasteiger partial charge is 0.207 e. The summed E-state index contributed by atoms with van der Waals surface area (Å²) in [7, 11) is -3.59. The predicted octanol–water partition coefficient (Wildman–Crippen LogP) is 4.15. The molecule has 5 rings (SSSR count). The molecule has 3 aliphatic rings. The first-order valence-corrected chi connectivity index (χ1v) is 12.8. The highest BCUT2D eigenvalue weighted by Gasteiger charge is 2.58. The zero-order chi connectivity index (χ0) is 22.1. The maximum absolute atomic E-state index is 13.1. The first kappa shape index (κ1) is 22.4. The number of H-pyrrole nitrogens is 1. The highest BCUT2D eigenvalue weighted by atomic mass is 35.5. The molecule has 0 spiro atoms. The molecule has 0 amide bonds. The Labute approximate surface area is 189 Å². The van der Waals surface area contributed by atoms with E-state index >= 15 is 0 Å². The van der Waals surface area contributed by atoms with Crippen molar-refractivity contribution in [2.45, 2.75) is 63.3 Å². The van der Waals surface area contributed by atoms with E-state index in [1.807, 2.05) is 0 Å². The molecule has 0 radical (unpaired) electrons. The van der Waals surface area contributed by atoms with E-state index in [9.17, 15) is 8.42 Å². The fourth-order valence-electron chi connectivity index (χ4n) is 5.24. The molecule has 9 heteroatoms. The molecular weight excluding hydrogens is 434 g/mol. The van der Waals surface area contributed by atoms with Crippen LogP contribution in [0.1, 0.15) is 51.8 Å². The van der Waals surface area contributed by atoms with Crippen LogP contribution < -0.4 is 4.72 Å². The van der Waals surface area contributed by atoms with E-state index in [-0.39, 0.29) is 16.4 Å². The predicted molar refractivity (Wildman–Crippen MR) is 120 cm³/mol. The Bertz CT molecular complexity index is 1010. The average molecular weight is 464 g/mol. The minimum Gasteiger partial charge on any atom is -0.207 e. The topological polar surface area (TPSA) is 101 Å². The van der Waals surface area contributed by atoms with Crippen LogP contribution in [0, 0.1) is 23.2 Å². The Morgan fingerprint density at radius 3 is 2.68 bits per heavy atom. The van der Waals surface area contributed by atoms with Crippen LogP contribution >= 0.6 is 11.6 Å². The van der Waals surface area contributed by atoms with Gasteiger partial charge in [-0.2, -0.15) is 5.21 Å². The van der Waals surface area contributed by atoms with Crippen molar-refractivity contribution >= 4 is 21.6 Å². The van der Waals surface area contributed by atoms with Crippen molar-refractivity contribution in [3.05, 3.63) is 47.3 Å². The summed E-state index contributed by atoms with van der Waals surface area (Å²) in [6, 6.07) is 6.33. The van der Waals surface area contributed by atoms with Gasteiger partial charge in [-0.3, -0.25) is 0 Å². The summed E-state index contributed by atoms with van der Waals surface area (Å²) in [5.74, 6) is 2.09. The molecule has 0 saturated heterocycles. The summed E-state index contributed by atoms with van der Waals surface area (Å²) in [5.41, 5.74) is 0.179. The second-order valence-electron chi connectivity index (χ2n) is 9.38. The summed E-state index contributed by atoms with van der Waals surface area (Å²) in [5, 5.41) is 14.5. The Hall–Kier alpha value is -1.77. The first-order valence-electron chi connectivity index (χ1n) is 10.9. The SMILES string of the molecule is CC1(C)[C@H]2C[C@H](CC=CCCCc3nn[nH]n3)[C@@H](NS(=O)(=O)c3ccc(Cl)cc3)[C@@H]1C2. The fourth-order valence-corrected chi connectivity index (χ4v) is 6.72. The molecule has 168 valence electrons. The second kappa shape index (κ2) is 9.00. The van der Waals surface area contributed by atoms with Crippen LogP contribution in [0.25, 0.3) is 0 Å². The van der Waals surface area contributed by atoms with Crippen molar-refractivity contribution in [3.63, 3.8) is 0 Å². The molecule has 2 bridgehead atoms. The van der Waals surface area contributed by atoms with E-state index < -0.39 is 10.0 Å². The lowest BCUT2D eigenvalue weighted by molar-refractivity contribution is -0.108. The number of hydrogen-bond acceptors (Lipinski definition) is 5. The van der Waals surface area contributed by atoms with E-state index in [1.54, 1.807) is 24.3 Å². The molecule has 3 fully saturated rings. The summed E-state index contributed by atoms with van der Waals surface area (Å²) in [6.07, 6.45) is 10.2. The summed E-state index contributed by atoms with van der Waals surface area (Å²) in [4.78, 5) is 0.270. The van der Waals surface area contributed by atoms with Gasteiger partial charge in [0.25, 0.3) is 0 Å². The van der Waals surface area contributed by atoms with E-state index in [4.69, 9.17) is 11.6 Å². The molecule has 7 nitrogen and oxygen atoms in total. The maximum atomic E-state index is 13.1. The number of sulfonamides is 1. The van der Waals surface area contributed by atoms with Crippen LogP contribution in [0.15, 0.2) is 41.3 Å². The normalized spacial score (nSPS) is 27.3. The van der Waals surface area contributed by atoms with Crippen LogP contribution in [-0.2, 0) is 16.4 Å². The lowest BCUT2D eigenvalue weighted by atomic mass is 9.45. The number of aromatic amines is 1. The largest absolute Gasteiger partial charge is 0.240 e. The Morgan fingerprint density at radius 2 is 2.00 bits per heavy atom. The monoisotopic (exact) mass is 463 g/mol. The third-order valence-corrected chi connectivity index (χ3v) is 8.98. The molecule has 4 atom stereocenters. The minimum atomic E-state index is -3.59. The van der Waals surface area contributed by atoms with Gasteiger partial charge in [0.2, 0.25) is 10.0 Å². The number of aryl methyl sites for hydroxylation is 1. The van der Waals surface area contributed by atoms with Gasteiger partial charge in [-0.25, -0.2) is 13.1 Å². The number of tetrazole rings is 1. The standard InChI is InChI=1S/C22H30ClN5O2S/c1-22(2)16-13-15(7-5-3-4-6-8-20-24-27-28-25-20)21(19(22)14-16)26-31(29,30)18-11-9-17(23)10-12-18/h3,5,9-12,15-16,19,21,26H,4,6-8,13-14H2,1-2H3,(H,24,25,27,28)/t15-,16-,19-,21+/m0/s1. The zero-order valence-electron chi connectivity index (χ0n) is 18.0. The molecule has 3 aliphatic carbocycles. The second-order valence-corrected chi connectivity index (χ2v) is 11.5. The van der Waals surface area contributed by atoms with Crippen molar-refractivity contribution in [3.8, 4) is 0 Å². The number of hydrogen-bond donors (Lipinski definition) is 2. The quantitative estimate of drug-likeness (QED) is 0.429. The summed E-state index contributed by atoms with van der Waals surface area (Å²) < 4.78 is 29.2. The molecule has 2 aromatic rings. The number of halogens is 1. The number of unbranched alkanes of at least 4 members (excludes halogenated alkanes) is 1. The minimum absolute atomic E-state index is 0.0512. The van der Waals surface area contributed by atoms with Crippen LogP contribution in [-0.4, -0.2) is 35.1 Å². The van der Waals surface area contributed by atoms with Gasteiger partial charge in [0.05, 0.1) is 4.90 Å². The average Bonchev–Trinajstić information content (AvgIpc) is 3.24. The third kappa shape index (κ3) is 4.86. The van der Waals surface area contributed by atoms with Gasteiger partial charge >= 0.3 is 0 Å². The van der Waals surface area contributed by atoms with E-state index in [1.165, 1.54) is 0 Å². The van der Waals surface area contributed by atoms with Crippen molar-refractivity contribution in [2.24, 2.45) is 23.2 Å². The fraction of sp³-hybridized carbons (Fsp3) is 0.591. The van der Waals surface area contributed by atoms with E-state index in [0.717, 1.165) is 44.3 Å². The number of fused-ring (bicyclic) bond motifs is 2. The molecule has 1 aromatic heterocycles. The van der Waals surface area contributed by atoms with Crippen molar-refractivity contribution in [1.82, 2.24) is 25.3 Å². The number of allylic oxidation sites excluding steroid dienone is 2. The molecule has 1 aromatic carbocycles. The highest BCUT2D eigenvalue weighted by molar-refractivity contribution is 7.89. The molecular formula is C22H30ClN5O2S. The van der Waals surface area contributed by atoms with Crippen LogP contribution in [0.2, 0.25) is 5.02 Å². The number of aromatic nitrogens is 4. The van der Waals surface area contributed by atoms with Gasteiger partial charge in [-0.05, 0) is 79.5 Å². The van der Waals surface area contributed by atoms with Crippen molar-refractivity contribution in [1.29, 1.82) is 0 Å². The molecule has 2 N–H and O–H groups in total. The van der Waals surface area contributed by atoms with E-state index in [0.29, 0.717) is 22.8 Å². The van der Waals surface area contributed by atoms with Gasteiger partial charge in [-0.1, -0.05) is 42.8 Å². The first-order chi connectivity index (χ1) is 14.8. The lowest BCUT2D eigenvalue weighted by Gasteiger charge is -2.62. The van der Waals surface area contributed by atoms with Crippen molar-refractivity contribution < 1.29 is 8.42 Å². The summed E-state index contributed by atoms with van der Waals surface area (Å²) >= 11 is 5.93. The Morgan fingerprint density at radius 1 is 1.23 bits per heavy atom. The number of benzene rings is 1. The van der Waals surface area contributed by atoms with Crippen molar-refractivity contribution in [2.75, 3.05) is 0 Å². The van der Waals surface area contributed by atoms with Gasteiger partial charge in [0, 0.05) is 17.5 Å². The van der Waals surface area contributed by atoms with Gasteiger partial charge in [0.15, 0.2) is 5.82 Å². The van der Waals surface area contributed by atoms with Crippen LogP contribution in [0.4, 0.5) is 0 Å². The van der Waals surface area contributed by atoms with Gasteiger partial charge < -0.3 is 0 Å².